The number of halogens is 1. The minimum Gasteiger partial charge on any atom is -0.395 e. The Morgan fingerprint density at radius 3 is 2.79 bits per heavy atom. The number of hydrogen-bond donors (Lipinski definition) is 1. The zero-order chi connectivity index (χ0) is 26.8. The van der Waals surface area contributed by atoms with Crippen LogP contribution in [0.2, 0.25) is 5.02 Å². The number of hydrogen-bond acceptors (Lipinski definition) is 7. The van der Waals surface area contributed by atoms with E-state index < -0.39 is 6.04 Å². The molecule has 10 heteroatoms. The number of aliphatic imine (C=N–C) groups is 1. The molecule has 2 aromatic carbocycles. The summed E-state index contributed by atoms with van der Waals surface area (Å²) in [5, 5.41) is 17.8. The Morgan fingerprint density at radius 1 is 1.15 bits per heavy atom. The molecule has 0 fully saturated rings. The first-order valence-electron chi connectivity index (χ1n) is 12.9. The number of thiophene rings is 1. The molecular weight excluding hydrogens is 532 g/mol. The van der Waals surface area contributed by atoms with Crippen LogP contribution in [-0.4, -0.2) is 38.7 Å². The Kier molecular flexibility index (Phi) is 5.68. The van der Waals surface area contributed by atoms with Crippen LogP contribution in [0.5, 0.6) is 0 Å². The van der Waals surface area contributed by atoms with Crippen molar-refractivity contribution in [3.63, 3.8) is 0 Å². The standard InChI is InChI=1S/C29H25ClN6O2S/c1-14-15(2)39-29-25(14)27(17-4-6-20(30)7-5-17)32-23(28-34-33-16(3)36(28)29)12-24(37)31-21-8-9-22-18(11-21)10-19-13-38-35-26(19)22/h4-9,11,19,23H,10,12-13H2,1-3H3,(H,31,37)/t19-,23-/m0/s1. The molecule has 1 aliphatic carbocycles. The number of anilines is 1. The monoisotopic (exact) mass is 556 g/mol. The fourth-order valence-corrected chi connectivity index (χ4v) is 6.99. The predicted octanol–water partition coefficient (Wildman–Crippen LogP) is 5.73. The van der Waals surface area contributed by atoms with E-state index >= 15 is 0 Å². The number of nitrogens with one attached hydrogen (secondary N) is 1. The van der Waals surface area contributed by atoms with Crippen molar-refractivity contribution >= 4 is 46.0 Å². The van der Waals surface area contributed by atoms with Crippen molar-refractivity contribution in [3.05, 3.63) is 91.8 Å². The lowest BCUT2D eigenvalue weighted by Gasteiger charge is -2.13. The van der Waals surface area contributed by atoms with E-state index in [9.17, 15) is 4.79 Å². The normalized spacial score (nSPS) is 18.8. The van der Waals surface area contributed by atoms with Gasteiger partial charge >= 0.3 is 0 Å². The number of carbonyl (C=O) groups excluding carboxylic acids is 1. The molecule has 0 saturated heterocycles. The summed E-state index contributed by atoms with van der Waals surface area (Å²) in [6.45, 7) is 6.78. The Bertz CT molecular complexity index is 1720. The number of rotatable bonds is 4. The first-order chi connectivity index (χ1) is 18.9. The molecule has 0 spiro atoms. The van der Waals surface area contributed by atoms with Crippen LogP contribution in [0.4, 0.5) is 5.69 Å². The highest BCUT2D eigenvalue weighted by Crippen LogP contribution is 2.40. The lowest BCUT2D eigenvalue weighted by molar-refractivity contribution is -0.116. The van der Waals surface area contributed by atoms with Gasteiger partial charge in [-0.05, 0) is 62.6 Å². The third-order valence-corrected chi connectivity index (χ3v) is 9.14. The van der Waals surface area contributed by atoms with Gasteiger partial charge in [0, 0.05) is 38.2 Å². The molecule has 2 aromatic heterocycles. The number of benzene rings is 2. The van der Waals surface area contributed by atoms with Crippen LogP contribution in [0.25, 0.3) is 5.00 Å². The van der Waals surface area contributed by atoms with Crippen LogP contribution >= 0.6 is 22.9 Å². The zero-order valence-electron chi connectivity index (χ0n) is 21.7. The van der Waals surface area contributed by atoms with E-state index in [0.717, 1.165) is 56.6 Å². The van der Waals surface area contributed by atoms with E-state index in [1.54, 1.807) is 11.3 Å². The van der Waals surface area contributed by atoms with E-state index in [2.05, 4.69) is 39.1 Å². The molecule has 1 amide bonds. The van der Waals surface area contributed by atoms with Crippen molar-refractivity contribution in [3.8, 4) is 5.00 Å². The SMILES string of the molecule is Cc1sc2c(c1C)C(c1ccc(Cl)cc1)=N[C@@H](CC(=O)Nc1ccc3c(c1)C[C@H]1CON=C31)c1nnc(C)n1-2. The van der Waals surface area contributed by atoms with Crippen molar-refractivity contribution in [2.24, 2.45) is 16.1 Å². The molecule has 0 unspecified atom stereocenters. The third-order valence-electron chi connectivity index (χ3n) is 7.69. The summed E-state index contributed by atoms with van der Waals surface area (Å²) >= 11 is 7.90. The summed E-state index contributed by atoms with van der Waals surface area (Å²) in [6, 6.07) is 13.1. The predicted molar refractivity (Wildman–Crippen MR) is 153 cm³/mol. The number of carbonyl (C=O) groups is 1. The topological polar surface area (TPSA) is 93.8 Å². The second kappa shape index (κ2) is 9.14. The maximum atomic E-state index is 13.4. The summed E-state index contributed by atoms with van der Waals surface area (Å²) in [5.41, 5.74) is 8.04. The van der Waals surface area contributed by atoms with E-state index in [4.69, 9.17) is 21.4 Å². The second-order valence-corrected chi connectivity index (χ2v) is 11.8. The van der Waals surface area contributed by atoms with Crippen molar-refractivity contribution in [2.45, 2.75) is 39.7 Å². The Balaban J connectivity index is 1.25. The molecule has 0 saturated carbocycles. The first kappa shape index (κ1) is 24.2. The maximum absolute atomic E-state index is 13.4. The van der Waals surface area contributed by atoms with Gasteiger partial charge in [0.1, 0.15) is 23.5 Å². The van der Waals surface area contributed by atoms with Crippen LogP contribution in [-0.2, 0) is 16.1 Å². The van der Waals surface area contributed by atoms with Gasteiger partial charge in [-0.15, -0.1) is 21.5 Å². The lowest BCUT2D eigenvalue weighted by atomic mass is 9.99. The molecule has 3 aliphatic rings. The molecule has 39 heavy (non-hydrogen) atoms. The van der Waals surface area contributed by atoms with Gasteiger partial charge in [0.2, 0.25) is 5.91 Å². The molecule has 4 aromatic rings. The average Bonchev–Trinajstić information content (AvgIpc) is 3.64. The molecule has 7 rings (SSSR count). The highest BCUT2D eigenvalue weighted by Gasteiger charge is 2.34. The van der Waals surface area contributed by atoms with Crippen LogP contribution in [0.3, 0.4) is 0 Å². The molecular formula is C29H25ClN6O2S. The average molecular weight is 557 g/mol. The van der Waals surface area contributed by atoms with Crippen molar-refractivity contribution in [1.82, 2.24) is 14.8 Å². The number of nitrogens with zero attached hydrogens (tertiary/aromatic N) is 5. The molecule has 2 atom stereocenters. The van der Waals surface area contributed by atoms with E-state index in [0.29, 0.717) is 23.4 Å². The van der Waals surface area contributed by atoms with Crippen LogP contribution in [0.15, 0.2) is 52.6 Å². The number of aromatic nitrogens is 3. The van der Waals surface area contributed by atoms with E-state index in [1.807, 2.05) is 49.4 Å². The van der Waals surface area contributed by atoms with Gasteiger partial charge in [-0.25, -0.2) is 0 Å². The fourth-order valence-electron chi connectivity index (χ4n) is 5.65. The summed E-state index contributed by atoms with van der Waals surface area (Å²) < 4.78 is 2.06. The Hall–Kier alpha value is -3.82. The molecule has 0 radical (unpaired) electrons. The quantitative estimate of drug-likeness (QED) is 0.347. The highest BCUT2D eigenvalue weighted by atomic mass is 35.5. The molecule has 196 valence electrons. The van der Waals surface area contributed by atoms with Gasteiger partial charge in [-0.2, -0.15) is 0 Å². The molecule has 1 N–H and O–H groups in total. The summed E-state index contributed by atoms with van der Waals surface area (Å²) in [4.78, 5) is 25.1. The number of aryl methyl sites for hydroxylation is 2. The lowest BCUT2D eigenvalue weighted by Crippen LogP contribution is -2.17. The highest BCUT2D eigenvalue weighted by molar-refractivity contribution is 7.15. The van der Waals surface area contributed by atoms with Gasteiger partial charge in [-0.3, -0.25) is 14.4 Å². The van der Waals surface area contributed by atoms with Crippen LogP contribution < -0.4 is 5.32 Å². The van der Waals surface area contributed by atoms with E-state index in [1.165, 1.54) is 10.4 Å². The summed E-state index contributed by atoms with van der Waals surface area (Å²) in [6.07, 6.45) is 1.00. The molecule has 2 aliphatic heterocycles. The second-order valence-electron chi connectivity index (χ2n) is 10.2. The third kappa shape index (κ3) is 3.99. The smallest absolute Gasteiger partial charge is 0.227 e. The van der Waals surface area contributed by atoms with Crippen LogP contribution in [0, 0.1) is 26.7 Å². The summed E-state index contributed by atoms with van der Waals surface area (Å²) in [7, 11) is 0. The van der Waals surface area contributed by atoms with Gasteiger partial charge < -0.3 is 10.2 Å². The molecule has 4 heterocycles. The molecule has 8 nitrogen and oxygen atoms in total. The first-order valence-corrected chi connectivity index (χ1v) is 14.1. The minimum absolute atomic E-state index is 0.127. The van der Waals surface area contributed by atoms with Crippen molar-refractivity contribution in [1.29, 1.82) is 0 Å². The van der Waals surface area contributed by atoms with Gasteiger partial charge in [-0.1, -0.05) is 35.0 Å². The van der Waals surface area contributed by atoms with Gasteiger partial charge in [0.25, 0.3) is 0 Å². The maximum Gasteiger partial charge on any atom is 0.227 e. The van der Waals surface area contributed by atoms with Crippen molar-refractivity contribution in [2.75, 3.05) is 11.9 Å². The molecule has 0 bridgehead atoms. The Morgan fingerprint density at radius 2 is 1.97 bits per heavy atom. The number of fused-ring (bicyclic) bond motifs is 6. The van der Waals surface area contributed by atoms with E-state index in [-0.39, 0.29) is 12.3 Å². The largest absolute Gasteiger partial charge is 0.395 e. The van der Waals surface area contributed by atoms with Crippen LogP contribution in [0.1, 0.15) is 56.8 Å². The Labute approximate surface area is 234 Å². The zero-order valence-corrected chi connectivity index (χ0v) is 23.2. The fraction of sp³-hybridized carbons (Fsp3) is 0.276. The number of amides is 1. The summed E-state index contributed by atoms with van der Waals surface area (Å²) in [5.74, 6) is 1.60. The van der Waals surface area contributed by atoms with Gasteiger partial charge in [0.15, 0.2) is 5.82 Å². The van der Waals surface area contributed by atoms with Crippen molar-refractivity contribution < 1.29 is 9.63 Å². The number of oxime groups is 1. The minimum atomic E-state index is -0.517. The van der Waals surface area contributed by atoms with Gasteiger partial charge in [0.05, 0.1) is 17.8 Å².